The Kier molecular flexibility index (Phi) is 3.20. The van der Waals surface area contributed by atoms with Crippen LogP contribution in [0.3, 0.4) is 0 Å². The van der Waals surface area contributed by atoms with Gasteiger partial charge in [0.25, 0.3) is 5.56 Å². The van der Waals surface area contributed by atoms with E-state index in [2.05, 4.69) is 15.3 Å². The second-order valence-electron chi connectivity index (χ2n) is 5.37. The van der Waals surface area contributed by atoms with Crippen LogP contribution in [0.2, 0.25) is 0 Å². The van der Waals surface area contributed by atoms with Crippen molar-refractivity contribution in [1.82, 2.24) is 9.97 Å². The molecule has 2 aromatic heterocycles. The molecule has 0 spiro atoms. The molecule has 0 saturated carbocycles. The lowest BCUT2D eigenvalue weighted by Crippen LogP contribution is -2.09. The quantitative estimate of drug-likeness (QED) is 0.529. The number of rotatable bonds is 3. The average Bonchev–Trinajstić information content (AvgIpc) is 3.06. The zero-order valence-corrected chi connectivity index (χ0v) is 12.3. The molecule has 0 radical (unpaired) electrons. The van der Waals surface area contributed by atoms with Crippen LogP contribution in [0.1, 0.15) is 0 Å². The van der Waals surface area contributed by atoms with Gasteiger partial charge in [0.1, 0.15) is 0 Å². The molecular formula is C19H15N3O. The van der Waals surface area contributed by atoms with Crippen molar-refractivity contribution in [1.29, 1.82) is 0 Å². The minimum absolute atomic E-state index is 0.106. The van der Waals surface area contributed by atoms with Gasteiger partial charge in [-0.1, -0.05) is 36.4 Å². The molecule has 0 amide bonds. The van der Waals surface area contributed by atoms with Crippen molar-refractivity contribution in [2.24, 2.45) is 0 Å². The van der Waals surface area contributed by atoms with Crippen LogP contribution in [0.5, 0.6) is 0 Å². The monoisotopic (exact) mass is 301 g/mol. The number of aromatic nitrogens is 2. The summed E-state index contributed by atoms with van der Waals surface area (Å²) in [7, 11) is 0. The van der Waals surface area contributed by atoms with Crippen molar-refractivity contribution in [3.8, 4) is 11.1 Å². The summed E-state index contributed by atoms with van der Waals surface area (Å²) in [6, 6.07) is 19.7. The number of pyridine rings is 1. The van der Waals surface area contributed by atoms with Gasteiger partial charge in [-0.05, 0) is 29.7 Å². The zero-order chi connectivity index (χ0) is 15.6. The number of hydrogen-bond donors (Lipinski definition) is 3. The molecule has 0 aliphatic rings. The van der Waals surface area contributed by atoms with E-state index in [0.717, 1.165) is 27.8 Å². The minimum atomic E-state index is -0.106. The maximum absolute atomic E-state index is 12.3. The van der Waals surface area contributed by atoms with Gasteiger partial charge in [-0.3, -0.25) is 4.79 Å². The first-order valence-electron chi connectivity index (χ1n) is 7.42. The average molecular weight is 301 g/mol. The molecular weight excluding hydrogens is 286 g/mol. The Morgan fingerprint density at radius 1 is 0.783 bits per heavy atom. The summed E-state index contributed by atoms with van der Waals surface area (Å²) in [5.41, 5.74) is 4.21. The predicted octanol–water partition coefficient (Wildman–Crippen LogP) is 4.27. The smallest absolute Gasteiger partial charge is 0.256 e. The first kappa shape index (κ1) is 13.4. The molecule has 3 N–H and O–H groups in total. The number of benzene rings is 2. The van der Waals surface area contributed by atoms with E-state index in [1.165, 1.54) is 0 Å². The van der Waals surface area contributed by atoms with E-state index in [4.69, 9.17) is 0 Å². The molecule has 112 valence electrons. The fraction of sp³-hybridized carbons (Fsp3) is 0. The Balaban J connectivity index is 1.81. The third-order valence-corrected chi connectivity index (χ3v) is 3.84. The summed E-state index contributed by atoms with van der Waals surface area (Å²) in [5.74, 6) is 0. The number of anilines is 2. The van der Waals surface area contributed by atoms with E-state index >= 15 is 0 Å². The second kappa shape index (κ2) is 5.50. The maximum Gasteiger partial charge on any atom is 0.256 e. The molecule has 2 heterocycles. The molecule has 4 rings (SSSR count). The summed E-state index contributed by atoms with van der Waals surface area (Å²) in [6.45, 7) is 0. The van der Waals surface area contributed by atoms with E-state index in [1.807, 2.05) is 66.9 Å². The first-order chi connectivity index (χ1) is 11.3. The SMILES string of the molecule is O=c1[nH]cc(Nc2ccccc2)cc1-c1cccc2cc[nH]c12. The van der Waals surface area contributed by atoms with Crippen LogP contribution in [-0.4, -0.2) is 9.97 Å². The molecule has 0 aliphatic carbocycles. The molecule has 0 aliphatic heterocycles. The van der Waals surface area contributed by atoms with Gasteiger partial charge in [0.15, 0.2) is 0 Å². The highest BCUT2D eigenvalue weighted by molar-refractivity contribution is 5.94. The predicted molar refractivity (Wildman–Crippen MR) is 94.1 cm³/mol. The third kappa shape index (κ3) is 2.51. The van der Waals surface area contributed by atoms with Crippen molar-refractivity contribution in [2.45, 2.75) is 0 Å². The van der Waals surface area contributed by atoms with E-state index in [0.29, 0.717) is 5.56 Å². The number of H-pyrrole nitrogens is 2. The molecule has 0 unspecified atom stereocenters. The summed E-state index contributed by atoms with van der Waals surface area (Å²) in [5, 5.41) is 4.39. The topological polar surface area (TPSA) is 60.7 Å². The van der Waals surface area contributed by atoms with Crippen LogP contribution < -0.4 is 10.9 Å². The molecule has 23 heavy (non-hydrogen) atoms. The van der Waals surface area contributed by atoms with Crippen LogP contribution >= 0.6 is 0 Å². The van der Waals surface area contributed by atoms with Gasteiger partial charge >= 0.3 is 0 Å². The lowest BCUT2D eigenvalue weighted by Gasteiger charge is -2.09. The van der Waals surface area contributed by atoms with Gasteiger partial charge in [-0.2, -0.15) is 0 Å². The van der Waals surface area contributed by atoms with Gasteiger partial charge in [0.2, 0.25) is 0 Å². The van der Waals surface area contributed by atoms with E-state index in [-0.39, 0.29) is 5.56 Å². The Hall–Kier alpha value is -3.27. The third-order valence-electron chi connectivity index (χ3n) is 3.84. The highest BCUT2D eigenvalue weighted by atomic mass is 16.1. The van der Waals surface area contributed by atoms with Crippen LogP contribution in [0.4, 0.5) is 11.4 Å². The van der Waals surface area contributed by atoms with E-state index in [9.17, 15) is 4.79 Å². The van der Waals surface area contributed by atoms with Crippen LogP contribution in [0, 0.1) is 0 Å². The van der Waals surface area contributed by atoms with Gasteiger partial charge in [0, 0.05) is 23.6 Å². The van der Waals surface area contributed by atoms with Crippen LogP contribution in [0.15, 0.2) is 77.9 Å². The summed E-state index contributed by atoms with van der Waals surface area (Å²) in [6.07, 6.45) is 3.57. The molecule has 0 bridgehead atoms. The van der Waals surface area contributed by atoms with Gasteiger partial charge in [0.05, 0.1) is 16.8 Å². The van der Waals surface area contributed by atoms with Gasteiger partial charge in [-0.15, -0.1) is 0 Å². The maximum atomic E-state index is 12.3. The lowest BCUT2D eigenvalue weighted by molar-refractivity contribution is 1.24. The highest BCUT2D eigenvalue weighted by Crippen LogP contribution is 2.27. The second-order valence-corrected chi connectivity index (χ2v) is 5.37. The Morgan fingerprint density at radius 3 is 2.52 bits per heavy atom. The standard InChI is InChI=1S/C19H15N3O/c23-19-17(16-8-4-5-13-9-10-20-18(13)16)11-15(12-21-19)22-14-6-2-1-3-7-14/h1-12,20,22H,(H,21,23). The minimum Gasteiger partial charge on any atom is -0.361 e. The fourth-order valence-corrected chi connectivity index (χ4v) is 2.75. The number of aromatic amines is 2. The molecule has 4 aromatic rings. The zero-order valence-electron chi connectivity index (χ0n) is 12.3. The largest absolute Gasteiger partial charge is 0.361 e. The highest BCUT2D eigenvalue weighted by Gasteiger charge is 2.09. The Morgan fingerprint density at radius 2 is 1.65 bits per heavy atom. The van der Waals surface area contributed by atoms with Crippen molar-refractivity contribution < 1.29 is 0 Å². The molecule has 4 nitrogen and oxygen atoms in total. The molecule has 0 fully saturated rings. The van der Waals surface area contributed by atoms with Crippen LogP contribution in [0.25, 0.3) is 22.0 Å². The van der Waals surface area contributed by atoms with Gasteiger partial charge < -0.3 is 15.3 Å². The lowest BCUT2D eigenvalue weighted by atomic mass is 10.0. The van der Waals surface area contributed by atoms with Crippen molar-refractivity contribution in [3.63, 3.8) is 0 Å². The molecule has 0 saturated heterocycles. The van der Waals surface area contributed by atoms with Crippen LogP contribution in [-0.2, 0) is 0 Å². The van der Waals surface area contributed by atoms with Crippen molar-refractivity contribution in [2.75, 3.05) is 5.32 Å². The Bertz CT molecular complexity index is 1020. The molecule has 2 aromatic carbocycles. The number of para-hydroxylation sites is 2. The van der Waals surface area contributed by atoms with Crippen molar-refractivity contribution in [3.05, 3.63) is 83.4 Å². The molecule has 4 heteroatoms. The number of hydrogen-bond acceptors (Lipinski definition) is 2. The fourth-order valence-electron chi connectivity index (χ4n) is 2.75. The first-order valence-corrected chi connectivity index (χ1v) is 7.42. The molecule has 0 atom stereocenters. The van der Waals surface area contributed by atoms with Crippen molar-refractivity contribution >= 4 is 22.3 Å². The number of fused-ring (bicyclic) bond motifs is 1. The summed E-state index contributed by atoms with van der Waals surface area (Å²) < 4.78 is 0. The summed E-state index contributed by atoms with van der Waals surface area (Å²) in [4.78, 5) is 18.3. The van der Waals surface area contributed by atoms with E-state index in [1.54, 1.807) is 6.20 Å². The Labute approximate surface area is 132 Å². The normalized spacial score (nSPS) is 10.8. The number of nitrogens with one attached hydrogen (secondary N) is 3. The van der Waals surface area contributed by atoms with Gasteiger partial charge in [-0.25, -0.2) is 0 Å². The summed E-state index contributed by atoms with van der Waals surface area (Å²) >= 11 is 0. The van der Waals surface area contributed by atoms with E-state index < -0.39 is 0 Å².